The molecular formula is C22H25Cl2NOTi. The maximum atomic E-state index is 10.7. The molecule has 4 rings (SSSR count). The molecule has 0 atom stereocenters. The molecule has 2 fully saturated rings. The first-order valence-corrected chi connectivity index (χ1v) is 13.9. The standard InChI is InChI=1S/C22H25NO.2ClH.Ti/c24-22-19(15-23-20-9-5-2-6-10-20)13-18(14-21(22)17-11-12-17)16-7-3-1-4-8-16;;;/h2,5-6,9-10,13-17,24H,1,3-4,7-8,11-12H2;2*1H;/q;;;+2/p-2. The van der Waals surface area contributed by atoms with Crippen LogP contribution in [0.4, 0.5) is 5.69 Å². The Kier molecular flexibility index (Phi) is 8.27. The second-order valence-electron chi connectivity index (χ2n) is 7.32. The fourth-order valence-corrected chi connectivity index (χ4v) is 3.84. The van der Waals surface area contributed by atoms with Crippen LogP contribution >= 0.6 is 18.6 Å². The van der Waals surface area contributed by atoms with E-state index in [9.17, 15) is 5.11 Å². The molecule has 0 aliphatic heterocycles. The average molecular weight is 438 g/mol. The number of aliphatic imine (C=N–C) groups is 1. The van der Waals surface area contributed by atoms with Gasteiger partial charge in [0.05, 0.1) is 5.69 Å². The number of halogens is 2. The number of nitrogens with zero attached hydrogens (tertiary/aromatic N) is 1. The molecule has 2 aliphatic carbocycles. The van der Waals surface area contributed by atoms with E-state index in [0.29, 0.717) is 17.6 Å². The van der Waals surface area contributed by atoms with Crippen molar-refractivity contribution >= 4 is 30.5 Å². The average Bonchev–Trinajstić information content (AvgIpc) is 3.54. The zero-order valence-electron chi connectivity index (χ0n) is 15.4. The Balaban J connectivity index is 0.000000659. The third-order valence-corrected chi connectivity index (χ3v) is 5.39. The molecule has 0 spiro atoms. The van der Waals surface area contributed by atoms with Crippen LogP contribution in [0.25, 0.3) is 0 Å². The summed E-state index contributed by atoms with van der Waals surface area (Å²) in [4.78, 5) is 4.56. The van der Waals surface area contributed by atoms with Crippen LogP contribution in [0.2, 0.25) is 0 Å². The summed E-state index contributed by atoms with van der Waals surface area (Å²) < 4.78 is 0. The molecule has 0 radical (unpaired) electrons. The van der Waals surface area contributed by atoms with E-state index in [2.05, 4.69) is 17.1 Å². The van der Waals surface area contributed by atoms with Crippen molar-refractivity contribution in [3.8, 4) is 5.75 Å². The molecule has 2 nitrogen and oxygen atoms in total. The number of rotatable bonds is 4. The molecule has 27 heavy (non-hydrogen) atoms. The summed E-state index contributed by atoms with van der Waals surface area (Å²) in [6, 6.07) is 14.4. The van der Waals surface area contributed by atoms with Crippen molar-refractivity contribution in [3.05, 3.63) is 59.2 Å². The molecule has 2 aliphatic rings. The molecule has 2 aromatic carbocycles. The third-order valence-electron chi connectivity index (χ3n) is 5.39. The van der Waals surface area contributed by atoms with Gasteiger partial charge >= 0.3 is 35.6 Å². The van der Waals surface area contributed by atoms with Crippen molar-refractivity contribution in [1.82, 2.24) is 0 Å². The second-order valence-corrected chi connectivity index (χ2v) is 9.90. The predicted molar refractivity (Wildman–Crippen MR) is 111 cm³/mol. The molecule has 0 unspecified atom stereocenters. The Morgan fingerprint density at radius 3 is 2.22 bits per heavy atom. The van der Waals surface area contributed by atoms with Crippen LogP contribution in [-0.2, 0) is 17.0 Å². The van der Waals surface area contributed by atoms with Gasteiger partial charge in [-0.05, 0) is 66.8 Å². The van der Waals surface area contributed by atoms with E-state index < -0.39 is 17.0 Å². The Morgan fingerprint density at radius 2 is 1.59 bits per heavy atom. The van der Waals surface area contributed by atoms with Gasteiger partial charge in [0.25, 0.3) is 0 Å². The number of hydrogen-bond donors (Lipinski definition) is 1. The van der Waals surface area contributed by atoms with Crippen molar-refractivity contribution in [2.75, 3.05) is 0 Å². The predicted octanol–water partition coefficient (Wildman–Crippen LogP) is 7.44. The number of para-hydroxylation sites is 1. The summed E-state index contributed by atoms with van der Waals surface area (Å²) in [6.45, 7) is 0. The van der Waals surface area contributed by atoms with Crippen molar-refractivity contribution in [3.63, 3.8) is 0 Å². The van der Waals surface area contributed by atoms with Crippen LogP contribution in [0.5, 0.6) is 5.75 Å². The van der Waals surface area contributed by atoms with Crippen LogP contribution < -0.4 is 0 Å². The molecule has 2 aromatic rings. The van der Waals surface area contributed by atoms with Gasteiger partial charge in [0, 0.05) is 11.8 Å². The number of phenolic OH excluding ortho intramolecular Hbond substituents is 1. The van der Waals surface area contributed by atoms with Gasteiger partial charge in [0.2, 0.25) is 0 Å². The molecule has 142 valence electrons. The molecule has 0 aromatic heterocycles. The number of benzene rings is 2. The van der Waals surface area contributed by atoms with E-state index in [1.807, 2.05) is 36.5 Å². The molecule has 5 heteroatoms. The van der Waals surface area contributed by atoms with Crippen LogP contribution in [0.3, 0.4) is 0 Å². The third kappa shape index (κ3) is 6.09. The maximum absolute atomic E-state index is 10.7. The molecule has 2 saturated carbocycles. The normalized spacial score (nSPS) is 17.4. The van der Waals surface area contributed by atoms with Crippen molar-refractivity contribution < 1.29 is 22.1 Å². The molecule has 1 N–H and O–H groups in total. The number of phenols is 1. The van der Waals surface area contributed by atoms with E-state index >= 15 is 0 Å². The van der Waals surface area contributed by atoms with Crippen LogP contribution in [0.1, 0.15) is 73.5 Å². The molecule has 0 amide bonds. The summed E-state index contributed by atoms with van der Waals surface area (Å²) in [5.74, 6) is 1.65. The zero-order valence-corrected chi connectivity index (χ0v) is 18.4. The van der Waals surface area contributed by atoms with Gasteiger partial charge in [0.15, 0.2) is 0 Å². The summed E-state index contributed by atoms with van der Waals surface area (Å²) in [7, 11) is 9.78. The summed E-state index contributed by atoms with van der Waals surface area (Å²) >= 11 is -0.556. The minimum absolute atomic E-state index is 0.441. The summed E-state index contributed by atoms with van der Waals surface area (Å²) in [5.41, 5.74) is 4.35. The molecular weight excluding hydrogens is 413 g/mol. The first-order chi connectivity index (χ1) is 13.2. The van der Waals surface area contributed by atoms with Gasteiger partial charge in [-0.15, -0.1) is 0 Å². The second kappa shape index (κ2) is 10.7. The van der Waals surface area contributed by atoms with Gasteiger partial charge < -0.3 is 5.11 Å². The fourth-order valence-electron chi connectivity index (χ4n) is 3.84. The van der Waals surface area contributed by atoms with Gasteiger partial charge in [-0.3, -0.25) is 4.99 Å². The van der Waals surface area contributed by atoms with Gasteiger partial charge in [-0.25, -0.2) is 0 Å². The summed E-state index contributed by atoms with van der Waals surface area (Å²) in [5, 5.41) is 10.7. The van der Waals surface area contributed by atoms with Gasteiger partial charge in [-0.1, -0.05) is 43.5 Å². The molecule has 0 saturated heterocycles. The van der Waals surface area contributed by atoms with E-state index in [4.69, 9.17) is 18.6 Å². The number of aromatic hydroxyl groups is 1. The Bertz CT molecular complexity index is 756. The first kappa shape index (κ1) is 20.9. The van der Waals surface area contributed by atoms with Crippen LogP contribution in [0, 0.1) is 0 Å². The Morgan fingerprint density at radius 1 is 0.926 bits per heavy atom. The van der Waals surface area contributed by atoms with Crippen LogP contribution in [0.15, 0.2) is 47.5 Å². The van der Waals surface area contributed by atoms with Gasteiger partial charge in [-0.2, -0.15) is 0 Å². The van der Waals surface area contributed by atoms with Crippen molar-refractivity contribution in [1.29, 1.82) is 0 Å². The monoisotopic (exact) mass is 437 g/mol. The summed E-state index contributed by atoms with van der Waals surface area (Å²) in [6.07, 6.45) is 10.8. The number of hydrogen-bond acceptors (Lipinski definition) is 2. The van der Waals surface area contributed by atoms with E-state index in [-0.39, 0.29) is 0 Å². The van der Waals surface area contributed by atoms with Crippen LogP contribution in [-0.4, -0.2) is 11.3 Å². The first-order valence-electron chi connectivity index (χ1n) is 9.65. The van der Waals surface area contributed by atoms with E-state index in [1.165, 1.54) is 50.5 Å². The van der Waals surface area contributed by atoms with Crippen molar-refractivity contribution in [2.24, 2.45) is 4.99 Å². The zero-order chi connectivity index (χ0) is 19.1. The fraction of sp³-hybridized carbons (Fsp3) is 0.409. The SMILES string of the molecule is Oc1c(C=Nc2ccccc2)cc(C2CCCCC2)cc1C1CC1.[Cl][Ti][Cl]. The minimum atomic E-state index is -0.556. The Hall–Kier alpha value is -0.796. The van der Waals surface area contributed by atoms with E-state index in [0.717, 1.165) is 16.8 Å². The van der Waals surface area contributed by atoms with Crippen molar-refractivity contribution in [2.45, 2.75) is 56.8 Å². The quantitative estimate of drug-likeness (QED) is 0.391. The Labute approximate surface area is 178 Å². The molecule has 0 bridgehead atoms. The topological polar surface area (TPSA) is 32.6 Å². The van der Waals surface area contributed by atoms with Gasteiger partial charge in [0.1, 0.15) is 5.75 Å². The molecule has 0 heterocycles. The van der Waals surface area contributed by atoms with E-state index in [1.54, 1.807) is 0 Å².